The molecule has 0 saturated carbocycles. The average molecular weight is 457 g/mol. The summed E-state index contributed by atoms with van der Waals surface area (Å²) in [7, 11) is 0. The second kappa shape index (κ2) is 9.69. The van der Waals surface area contributed by atoms with E-state index in [-0.39, 0.29) is 5.91 Å². The molecule has 0 atom stereocenters. The molecule has 6 heteroatoms. The summed E-state index contributed by atoms with van der Waals surface area (Å²) in [6, 6.07) is 21.0. The number of nitrogens with one attached hydrogen (secondary N) is 1. The summed E-state index contributed by atoms with van der Waals surface area (Å²) in [5, 5.41) is 3.53. The van der Waals surface area contributed by atoms with Crippen LogP contribution in [0.3, 0.4) is 0 Å². The van der Waals surface area contributed by atoms with Crippen molar-refractivity contribution in [1.82, 2.24) is 14.9 Å². The fraction of sp³-hybridized carbons (Fsp3) is 0.222. The summed E-state index contributed by atoms with van der Waals surface area (Å²) in [6.45, 7) is 3.25. The van der Waals surface area contributed by atoms with Gasteiger partial charge in [-0.25, -0.2) is 4.98 Å². The maximum Gasteiger partial charge on any atom is 0.255 e. The van der Waals surface area contributed by atoms with Crippen LogP contribution in [-0.2, 0) is 6.54 Å². The first-order chi connectivity index (χ1) is 16.2. The summed E-state index contributed by atoms with van der Waals surface area (Å²) in [4.78, 5) is 24.5. The maximum atomic E-state index is 12.8. The van der Waals surface area contributed by atoms with Crippen LogP contribution in [0.25, 0.3) is 22.3 Å². The quantitative estimate of drug-likeness (QED) is 0.389. The number of rotatable bonds is 5. The van der Waals surface area contributed by atoms with Crippen molar-refractivity contribution in [1.29, 1.82) is 0 Å². The number of nitrogens with zero attached hydrogens (tertiary/aromatic N) is 3. The topological polar surface area (TPSA) is 58.1 Å². The van der Waals surface area contributed by atoms with E-state index in [2.05, 4.69) is 20.2 Å². The number of para-hydroxylation sites is 2. The second-order valence-corrected chi connectivity index (χ2v) is 8.83. The predicted octanol–water partition coefficient (Wildman–Crippen LogP) is 6.19. The predicted molar refractivity (Wildman–Crippen MR) is 134 cm³/mol. The summed E-state index contributed by atoms with van der Waals surface area (Å²) < 4.78 is 0. The minimum atomic E-state index is -0.155. The third-order valence-electron chi connectivity index (χ3n) is 6.02. The first-order valence-corrected chi connectivity index (χ1v) is 11.7. The van der Waals surface area contributed by atoms with Crippen LogP contribution >= 0.6 is 11.6 Å². The van der Waals surface area contributed by atoms with Gasteiger partial charge in [0.05, 0.1) is 27.9 Å². The van der Waals surface area contributed by atoms with Gasteiger partial charge in [-0.3, -0.25) is 14.7 Å². The first-order valence-electron chi connectivity index (χ1n) is 11.3. The van der Waals surface area contributed by atoms with Crippen molar-refractivity contribution in [3.8, 4) is 11.3 Å². The van der Waals surface area contributed by atoms with Gasteiger partial charge in [-0.1, -0.05) is 42.3 Å². The maximum absolute atomic E-state index is 12.8. The zero-order chi connectivity index (χ0) is 22.6. The molecule has 1 fully saturated rings. The van der Waals surface area contributed by atoms with Crippen LogP contribution in [0, 0.1) is 0 Å². The third-order valence-corrected chi connectivity index (χ3v) is 6.35. The third kappa shape index (κ3) is 5.05. The lowest BCUT2D eigenvalue weighted by molar-refractivity contribution is 0.102. The van der Waals surface area contributed by atoms with Crippen molar-refractivity contribution in [3.05, 3.63) is 89.1 Å². The molecule has 0 unspecified atom stereocenters. The van der Waals surface area contributed by atoms with E-state index in [1.807, 2.05) is 54.6 Å². The van der Waals surface area contributed by atoms with E-state index in [0.717, 1.165) is 36.2 Å². The van der Waals surface area contributed by atoms with Gasteiger partial charge in [-0.15, -0.1) is 0 Å². The molecular weight excluding hydrogens is 432 g/mol. The van der Waals surface area contributed by atoms with Crippen molar-refractivity contribution in [2.75, 3.05) is 18.4 Å². The number of hydrogen-bond acceptors (Lipinski definition) is 4. The number of anilines is 1. The molecule has 0 aliphatic carbocycles. The van der Waals surface area contributed by atoms with Gasteiger partial charge >= 0.3 is 0 Å². The van der Waals surface area contributed by atoms with Crippen molar-refractivity contribution >= 4 is 34.2 Å². The number of carbonyl (C=O) groups is 1. The first kappa shape index (κ1) is 21.6. The average Bonchev–Trinajstić information content (AvgIpc) is 2.86. The monoisotopic (exact) mass is 456 g/mol. The zero-order valence-corrected chi connectivity index (χ0v) is 19.1. The van der Waals surface area contributed by atoms with E-state index in [1.54, 1.807) is 18.3 Å². The molecule has 33 heavy (non-hydrogen) atoms. The number of benzene rings is 3. The van der Waals surface area contributed by atoms with Crippen LogP contribution in [-0.4, -0.2) is 33.9 Å². The highest BCUT2D eigenvalue weighted by atomic mass is 35.5. The second-order valence-electron chi connectivity index (χ2n) is 8.43. The summed E-state index contributed by atoms with van der Waals surface area (Å²) in [5.41, 5.74) is 5.53. The minimum Gasteiger partial charge on any atom is -0.322 e. The molecule has 3 aromatic carbocycles. The molecule has 2 heterocycles. The highest BCUT2D eigenvalue weighted by Gasteiger charge is 2.13. The Morgan fingerprint density at radius 2 is 1.70 bits per heavy atom. The van der Waals surface area contributed by atoms with Crippen LogP contribution in [0.15, 0.2) is 72.9 Å². The summed E-state index contributed by atoms with van der Waals surface area (Å²) in [6.07, 6.45) is 5.58. The van der Waals surface area contributed by atoms with Gasteiger partial charge in [0.1, 0.15) is 0 Å². The lowest BCUT2D eigenvalue weighted by Crippen LogP contribution is -2.29. The Balaban J connectivity index is 1.31. The Morgan fingerprint density at radius 1 is 0.939 bits per heavy atom. The van der Waals surface area contributed by atoms with E-state index in [0.29, 0.717) is 22.0 Å². The molecule has 1 aromatic heterocycles. The Bertz CT molecular complexity index is 1280. The Hall–Kier alpha value is -3.28. The number of carbonyl (C=O) groups excluding carboxylic acids is 1. The number of aromatic nitrogens is 2. The lowest BCUT2D eigenvalue weighted by Gasteiger charge is -2.26. The number of amides is 1. The highest BCUT2D eigenvalue weighted by molar-refractivity contribution is 6.33. The largest absolute Gasteiger partial charge is 0.322 e. The number of likely N-dealkylation sites (tertiary alicyclic amines) is 1. The van der Waals surface area contributed by atoms with E-state index in [9.17, 15) is 4.79 Å². The Morgan fingerprint density at radius 3 is 2.48 bits per heavy atom. The molecule has 0 radical (unpaired) electrons. The summed E-state index contributed by atoms with van der Waals surface area (Å²) in [5.74, 6) is -0.155. The van der Waals surface area contributed by atoms with Crippen molar-refractivity contribution in [3.63, 3.8) is 0 Å². The molecule has 1 saturated heterocycles. The smallest absolute Gasteiger partial charge is 0.255 e. The number of hydrogen-bond donors (Lipinski definition) is 1. The Labute approximate surface area is 198 Å². The highest BCUT2D eigenvalue weighted by Crippen LogP contribution is 2.30. The van der Waals surface area contributed by atoms with Crippen molar-refractivity contribution in [2.24, 2.45) is 0 Å². The van der Waals surface area contributed by atoms with Crippen LogP contribution in [0.1, 0.15) is 35.2 Å². The SMILES string of the molecule is O=C(Nc1ccc(Cl)c(-c2cnc3ccccc3n2)c1)c1ccc(CN2CCCCC2)cc1. The van der Waals surface area contributed by atoms with E-state index >= 15 is 0 Å². The number of piperidine rings is 1. The van der Waals surface area contributed by atoms with Gasteiger partial charge in [0.15, 0.2) is 0 Å². The zero-order valence-electron chi connectivity index (χ0n) is 18.3. The van der Waals surface area contributed by atoms with E-state index in [1.165, 1.54) is 24.8 Å². The summed E-state index contributed by atoms with van der Waals surface area (Å²) >= 11 is 6.45. The molecule has 1 aliphatic heterocycles. The van der Waals surface area contributed by atoms with Crippen LogP contribution in [0.4, 0.5) is 5.69 Å². The van der Waals surface area contributed by atoms with Crippen molar-refractivity contribution < 1.29 is 4.79 Å². The normalized spacial score (nSPS) is 14.3. The number of halogens is 1. The molecule has 0 spiro atoms. The molecular formula is C27H25ClN4O. The molecule has 1 aliphatic rings. The van der Waals surface area contributed by atoms with Gasteiger partial charge in [0.2, 0.25) is 0 Å². The molecule has 1 amide bonds. The van der Waals surface area contributed by atoms with Crippen molar-refractivity contribution in [2.45, 2.75) is 25.8 Å². The van der Waals surface area contributed by atoms with Gasteiger partial charge in [0, 0.05) is 23.4 Å². The van der Waals surface area contributed by atoms with Crippen LogP contribution in [0.5, 0.6) is 0 Å². The number of fused-ring (bicyclic) bond motifs is 1. The molecule has 5 rings (SSSR count). The van der Waals surface area contributed by atoms with Gasteiger partial charge < -0.3 is 5.32 Å². The molecule has 0 bridgehead atoms. The molecule has 166 valence electrons. The fourth-order valence-corrected chi connectivity index (χ4v) is 4.44. The lowest BCUT2D eigenvalue weighted by atomic mass is 10.1. The fourth-order valence-electron chi connectivity index (χ4n) is 4.23. The van der Waals surface area contributed by atoms with Crippen LogP contribution in [0.2, 0.25) is 5.02 Å². The molecule has 5 nitrogen and oxygen atoms in total. The molecule has 1 N–H and O–H groups in total. The van der Waals surface area contributed by atoms with Gasteiger partial charge in [-0.2, -0.15) is 0 Å². The van der Waals surface area contributed by atoms with Gasteiger partial charge in [0.25, 0.3) is 5.91 Å². The standard InChI is InChI=1S/C27H25ClN4O/c28-23-13-12-21(16-22(23)26-17-29-24-6-2-3-7-25(24)31-26)30-27(33)20-10-8-19(9-11-20)18-32-14-4-1-5-15-32/h2-3,6-13,16-17H,1,4-5,14-15,18H2,(H,30,33). The molecule has 4 aromatic rings. The van der Waals surface area contributed by atoms with E-state index in [4.69, 9.17) is 11.6 Å². The Kier molecular flexibility index (Phi) is 6.33. The van der Waals surface area contributed by atoms with Crippen LogP contribution < -0.4 is 5.32 Å². The minimum absolute atomic E-state index is 0.155. The van der Waals surface area contributed by atoms with E-state index < -0.39 is 0 Å². The van der Waals surface area contributed by atoms with Gasteiger partial charge in [-0.05, 0) is 74.0 Å².